The van der Waals surface area contributed by atoms with Crippen LogP contribution < -0.4 is 9.47 Å². The molecule has 0 N–H and O–H groups in total. The molecule has 2 aromatic rings. The molecule has 1 amide bonds. The van der Waals surface area contributed by atoms with Crippen molar-refractivity contribution >= 4 is 5.91 Å². The van der Waals surface area contributed by atoms with Crippen LogP contribution in [0.4, 0.5) is 8.78 Å². The molecule has 0 saturated heterocycles. The van der Waals surface area contributed by atoms with Crippen LogP contribution in [-0.2, 0) is 6.54 Å². The number of hydrogen-bond acceptors (Lipinski definition) is 3. The van der Waals surface area contributed by atoms with Crippen LogP contribution in [0.1, 0.15) is 15.9 Å². The molecular weight excluding hydrogens is 304 g/mol. The third kappa shape index (κ3) is 3.11. The number of ether oxygens (including phenoxy) is 2. The van der Waals surface area contributed by atoms with E-state index in [1.54, 1.807) is 18.2 Å². The summed E-state index contributed by atoms with van der Waals surface area (Å²) in [5.74, 6) is -1.20. The van der Waals surface area contributed by atoms with Gasteiger partial charge in [-0.25, -0.2) is 8.78 Å². The molecule has 6 heteroatoms. The maximum Gasteiger partial charge on any atom is 0.259 e. The van der Waals surface area contributed by atoms with Gasteiger partial charge in [0.05, 0.1) is 0 Å². The van der Waals surface area contributed by atoms with Gasteiger partial charge in [-0.15, -0.1) is 0 Å². The fourth-order valence-electron chi connectivity index (χ4n) is 2.42. The molecule has 0 bridgehead atoms. The van der Waals surface area contributed by atoms with Gasteiger partial charge in [0.15, 0.2) is 11.5 Å². The normalized spacial score (nSPS) is 12.8. The average Bonchev–Trinajstić information content (AvgIpc) is 2.54. The first-order valence-electron chi connectivity index (χ1n) is 7.14. The number of carbonyl (C=O) groups is 1. The number of rotatable bonds is 3. The SMILES string of the molecule is CN(Cc1ccc2c(c1)OCCO2)C(=O)c1c(F)cccc1F. The molecule has 0 saturated carbocycles. The molecule has 0 aromatic heterocycles. The zero-order valence-electron chi connectivity index (χ0n) is 12.5. The minimum atomic E-state index is -0.871. The summed E-state index contributed by atoms with van der Waals surface area (Å²) in [4.78, 5) is 13.5. The van der Waals surface area contributed by atoms with Crippen molar-refractivity contribution in [3.8, 4) is 11.5 Å². The van der Waals surface area contributed by atoms with Crippen LogP contribution in [0, 0.1) is 11.6 Å². The van der Waals surface area contributed by atoms with Gasteiger partial charge >= 0.3 is 0 Å². The molecule has 0 fully saturated rings. The zero-order valence-corrected chi connectivity index (χ0v) is 12.5. The maximum absolute atomic E-state index is 13.7. The van der Waals surface area contributed by atoms with E-state index in [9.17, 15) is 13.6 Å². The highest BCUT2D eigenvalue weighted by molar-refractivity contribution is 5.94. The first-order chi connectivity index (χ1) is 11.1. The van der Waals surface area contributed by atoms with E-state index in [1.807, 2.05) is 0 Å². The summed E-state index contributed by atoms with van der Waals surface area (Å²) in [6, 6.07) is 8.65. The van der Waals surface area contributed by atoms with E-state index in [1.165, 1.54) is 18.0 Å². The Morgan fingerprint density at radius 3 is 2.43 bits per heavy atom. The van der Waals surface area contributed by atoms with Crippen LogP contribution >= 0.6 is 0 Å². The fourth-order valence-corrected chi connectivity index (χ4v) is 2.42. The van der Waals surface area contributed by atoms with Gasteiger partial charge in [0.1, 0.15) is 30.4 Å². The van der Waals surface area contributed by atoms with Crippen molar-refractivity contribution < 1.29 is 23.0 Å². The molecule has 1 aliphatic rings. The molecule has 23 heavy (non-hydrogen) atoms. The van der Waals surface area contributed by atoms with Crippen molar-refractivity contribution in [2.24, 2.45) is 0 Å². The standard InChI is InChI=1S/C17H15F2NO3/c1-20(17(21)16-12(18)3-2-4-13(16)19)10-11-5-6-14-15(9-11)23-8-7-22-14/h2-6,9H,7-8,10H2,1H3. The molecule has 3 rings (SSSR count). The highest BCUT2D eigenvalue weighted by atomic mass is 19.1. The average molecular weight is 319 g/mol. The van der Waals surface area contributed by atoms with Crippen molar-refractivity contribution in [3.63, 3.8) is 0 Å². The van der Waals surface area contributed by atoms with Crippen molar-refractivity contribution in [2.75, 3.05) is 20.3 Å². The van der Waals surface area contributed by atoms with Gasteiger partial charge in [0, 0.05) is 13.6 Å². The second kappa shape index (κ2) is 6.24. The van der Waals surface area contributed by atoms with Crippen LogP contribution in [0.2, 0.25) is 0 Å². The van der Waals surface area contributed by atoms with E-state index in [4.69, 9.17) is 9.47 Å². The molecule has 2 aromatic carbocycles. The van der Waals surface area contributed by atoms with Crippen molar-refractivity contribution in [1.29, 1.82) is 0 Å². The lowest BCUT2D eigenvalue weighted by molar-refractivity contribution is 0.0775. The minimum Gasteiger partial charge on any atom is -0.486 e. The number of benzene rings is 2. The van der Waals surface area contributed by atoms with Crippen LogP contribution in [0.5, 0.6) is 11.5 Å². The Morgan fingerprint density at radius 1 is 1.09 bits per heavy atom. The number of nitrogens with zero attached hydrogens (tertiary/aromatic N) is 1. The topological polar surface area (TPSA) is 38.8 Å². The molecule has 1 heterocycles. The molecule has 120 valence electrons. The second-order valence-electron chi connectivity index (χ2n) is 5.24. The van der Waals surface area contributed by atoms with Crippen LogP contribution in [0.3, 0.4) is 0 Å². The Bertz CT molecular complexity index is 728. The summed E-state index contributed by atoms with van der Waals surface area (Å²) in [5.41, 5.74) is 0.231. The van der Waals surface area contributed by atoms with Gasteiger partial charge in [-0.05, 0) is 29.8 Å². The summed E-state index contributed by atoms with van der Waals surface area (Å²) in [6.45, 7) is 1.16. The van der Waals surface area contributed by atoms with Gasteiger partial charge < -0.3 is 14.4 Å². The monoisotopic (exact) mass is 319 g/mol. The first kappa shape index (κ1) is 15.3. The van der Waals surface area contributed by atoms with Crippen molar-refractivity contribution in [2.45, 2.75) is 6.54 Å². The Kier molecular flexibility index (Phi) is 4.14. The highest BCUT2D eigenvalue weighted by Crippen LogP contribution is 2.31. The van der Waals surface area contributed by atoms with Crippen molar-refractivity contribution in [1.82, 2.24) is 4.90 Å². The zero-order chi connectivity index (χ0) is 16.4. The van der Waals surface area contributed by atoms with Crippen LogP contribution in [-0.4, -0.2) is 31.1 Å². The first-order valence-corrected chi connectivity index (χ1v) is 7.14. The predicted octanol–water partition coefficient (Wildman–Crippen LogP) is 3.01. The molecule has 0 unspecified atom stereocenters. The van der Waals surface area contributed by atoms with Gasteiger partial charge in [-0.2, -0.15) is 0 Å². The Morgan fingerprint density at radius 2 is 1.74 bits per heavy atom. The largest absolute Gasteiger partial charge is 0.486 e. The molecule has 0 atom stereocenters. The summed E-state index contributed by atoms with van der Waals surface area (Å²) in [7, 11) is 1.49. The number of carbonyl (C=O) groups excluding carboxylic acids is 1. The minimum absolute atomic E-state index is 0.198. The Labute approximate surface area is 132 Å². The lowest BCUT2D eigenvalue weighted by Gasteiger charge is -2.21. The second-order valence-corrected chi connectivity index (χ2v) is 5.24. The lowest BCUT2D eigenvalue weighted by atomic mass is 10.1. The third-order valence-corrected chi connectivity index (χ3v) is 3.55. The molecule has 0 spiro atoms. The lowest BCUT2D eigenvalue weighted by Crippen LogP contribution is -2.28. The third-order valence-electron chi connectivity index (χ3n) is 3.55. The molecule has 1 aliphatic heterocycles. The number of fused-ring (bicyclic) bond motifs is 1. The van der Waals surface area contributed by atoms with E-state index in [0.29, 0.717) is 24.7 Å². The molecule has 0 aliphatic carbocycles. The molecule has 0 radical (unpaired) electrons. The summed E-state index contributed by atoms with van der Waals surface area (Å²) in [5, 5.41) is 0. The highest BCUT2D eigenvalue weighted by Gasteiger charge is 2.21. The summed E-state index contributed by atoms with van der Waals surface area (Å²) < 4.78 is 38.3. The maximum atomic E-state index is 13.7. The quantitative estimate of drug-likeness (QED) is 0.873. The predicted molar refractivity (Wildman–Crippen MR) is 79.6 cm³/mol. The molecule has 4 nitrogen and oxygen atoms in total. The Balaban J connectivity index is 1.79. The van der Waals surface area contributed by atoms with E-state index in [-0.39, 0.29) is 6.54 Å². The van der Waals surface area contributed by atoms with Gasteiger partial charge in [0.2, 0.25) is 0 Å². The number of halogens is 2. The van der Waals surface area contributed by atoms with Gasteiger partial charge in [0.25, 0.3) is 5.91 Å². The van der Waals surface area contributed by atoms with Gasteiger partial charge in [-0.3, -0.25) is 4.79 Å². The fraction of sp³-hybridized carbons (Fsp3) is 0.235. The van der Waals surface area contributed by atoms with E-state index < -0.39 is 23.1 Å². The van der Waals surface area contributed by atoms with Crippen LogP contribution in [0.25, 0.3) is 0 Å². The number of amides is 1. The van der Waals surface area contributed by atoms with E-state index in [2.05, 4.69) is 0 Å². The van der Waals surface area contributed by atoms with Crippen molar-refractivity contribution in [3.05, 3.63) is 59.2 Å². The summed E-state index contributed by atoms with van der Waals surface area (Å²) >= 11 is 0. The van der Waals surface area contributed by atoms with E-state index >= 15 is 0 Å². The smallest absolute Gasteiger partial charge is 0.259 e. The Hall–Kier alpha value is -2.63. The summed E-state index contributed by atoms with van der Waals surface area (Å²) in [6.07, 6.45) is 0. The van der Waals surface area contributed by atoms with E-state index in [0.717, 1.165) is 17.7 Å². The number of hydrogen-bond donors (Lipinski definition) is 0. The molecular formula is C17H15F2NO3. The van der Waals surface area contributed by atoms with Gasteiger partial charge in [-0.1, -0.05) is 12.1 Å². The van der Waals surface area contributed by atoms with Crippen LogP contribution in [0.15, 0.2) is 36.4 Å².